The van der Waals surface area contributed by atoms with Crippen LogP contribution in [0.5, 0.6) is 0 Å². The summed E-state index contributed by atoms with van der Waals surface area (Å²) in [6.07, 6.45) is 1.15. The van der Waals surface area contributed by atoms with E-state index >= 15 is 0 Å². The largest absolute Gasteiger partial charge is 0.481 e. The van der Waals surface area contributed by atoms with E-state index in [2.05, 4.69) is 6.58 Å². The Kier molecular flexibility index (Phi) is 6.90. The molecular weight excluding hydrogens is 272 g/mol. The number of rotatable bonds is 7. The van der Waals surface area contributed by atoms with Crippen molar-refractivity contribution < 1.29 is 19.4 Å². The van der Waals surface area contributed by atoms with Crippen LogP contribution in [0.4, 0.5) is 4.79 Å². The standard InChI is InChI=1S/C15H28N2O4/c1-8-9-17(13(20)21-14(2,3)4)11-16(7)15(5,6)10-12(18)19/h8H,1,9-11H2,2-7H3,(H,18,19). The molecule has 0 aromatic rings. The Labute approximate surface area is 127 Å². The van der Waals surface area contributed by atoms with Crippen LogP contribution >= 0.6 is 0 Å². The first kappa shape index (κ1) is 19.4. The molecule has 0 heterocycles. The zero-order valence-corrected chi connectivity index (χ0v) is 14.0. The average Bonchev–Trinajstić information content (AvgIpc) is 2.23. The number of nitrogens with zero attached hydrogens (tertiary/aromatic N) is 2. The van der Waals surface area contributed by atoms with E-state index in [1.54, 1.807) is 33.9 Å². The molecule has 0 spiro atoms. The van der Waals surface area contributed by atoms with Crippen LogP contribution in [0, 0.1) is 0 Å². The molecule has 0 saturated heterocycles. The van der Waals surface area contributed by atoms with Gasteiger partial charge in [-0.1, -0.05) is 6.08 Å². The molecule has 0 aromatic heterocycles. The van der Waals surface area contributed by atoms with E-state index in [1.807, 2.05) is 18.7 Å². The van der Waals surface area contributed by atoms with Gasteiger partial charge < -0.3 is 9.84 Å². The predicted octanol–water partition coefficient (Wildman–Crippen LogP) is 2.55. The highest BCUT2D eigenvalue weighted by Crippen LogP contribution is 2.18. The molecule has 122 valence electrons. The third-order valence-electron chi connectivity index (χ3n) is 3.00. The van der Waals surface area contributed by atoms with Gasteiger partial charge in [-0.15, -0.1) is 6.58 Å². The molecule has 0 aliphatic rings. The predicted molar refractivity (Wildman–Crippen MR) is 82.1 cm³/mol. The van der Waals surface area contributed by atoms with Gasteiger partial charge in [0.15, 0.2) is 0 Å². The van der Waals surface area contributed by atoms with Gasteiger partial charge in [0.1, 0.15) is 5.60 Å². The average molecular weight is 300 g/mol. The maximum absolute atomic E-state index is 12.1. The van der Waals surface area contributed by atoms with Gasteiger partial charge in [0.05, 0.1) is 13.1 Å². The number of aliphatic carboxylic acids is 1. The lowest BCUT2D eigenvalue weighted by Crippen LogP contribution is -2.50. The Morgan fingerprint density at radius 1 is 1.24 bits per heavy atom. The van der Waals surface area contributed by atoms with Crippen molar-refractivity contribution in [2.75, 3.05) is 20.3 Å². The Balaban J connectivity index is 4.87. The molecule has 0 saturated carbocycles. The van der Waals surface area contributed by atoms with E-state index in [9.17, 15) is 9.59 Å². The van der Waals surface area contributed by atoms with Gasteiger partial charge in [-0.2, -0.15) is 0 Å². The zero-order valence-electron chi connectivity index (χ0n) is 14.0. The SMILES string of the molecule is C=CCN(CN(C)C(C)(C)CC(=O)O)C(=O)OC(C)(C)C. The molecule has 0 aromatic carbocycles. The molecule has 0 aliphatic heterocycles. The Hall–Kier alpha value is -1.56. The second-order valence-corrected chi connectivity index (χ2v) is 6.71. The molecule has 0 bridgehead atoms. The first-order valence-corrected chi connectivity index (χ1v) is 6.91. The maximum atomic E-state index is 12.1. The van der Waals surface area contributed by atoms with Crippen molar-refractivity contribution in [1.82, 2.24) is 9.80 Å². The van der Waals surface area contributed by atoms with Crippen LogP contribution in [0.25, 0.3) is 0 Å². The molecule has 0 fully saturated rings. The number of amides is 1. The second-order valence-electron chi connectivity index (χ2n) is 6.71. The number of carboxylic acid groups (broad SMARTS) is 1. The molecule has 6 heteroatoms. The van der Waals surface area contributed by atoms with Crippen molar-refractivity contribution in [1.29, 1.82) is 0 Å². The van der Waals surface area contributed by atoms with Gasteiger partial charge in [-0.3, -0.25) is 14.6 Å². The van der Waals surface area contributed by atoms with E-state index in [4.69, 9.17) is 9.84 Å². The second kappa shape index (κ2) is 7.45. The van der Waals surface area contributed by atoms with Crippen molar-refractivity contribution in [2.24, 2.45) is 0 Å². The van der Waals surface area contributed by atoms with Gasteiger partial charge in [0.2, 0.25) is 0 Å². The fourth-order valence-corrected chi connectivity index (χ4v) is 1.62. The normalized spacial score (nSPS) is 12.1. The van der Waals surface area contributed by atoms with E-state index in [-0.39, 0.29) is 13.1 Å². The number of carbonyl (C=O) groups excluding carboxylic acids is 1. The van der Waals surface area contributed by atoms with E-state index in [1.165, 1.54) is 4.90 Å². The quantitative estimate of drug-likeness (QED) is 0.578. The molecule has 0 unspecified atom stereocenters. The highest BCUT2D eigenvalue weighted by Gasteiger charge is 2.30. The zero-order chi connectivity index (χ0) is 16.8. The van der Waals surface area contributed by atoms with Crippen molar-refractivity contribution in [3.8, 4) is 0 Å². The molecule has 21 heavy (non-hydrogen) atoms. The molecular formula is C15H28N2O4. The number of ether oxygens (including phenoxy) is 1. The van der Waals surface area contributed by atoms with Crippen molar-refractivity contribution in [3.05, 3.63) is 12.7 Å². The summed E-state index contributed by atoms with van der Waals surface area (Å²) < 4.78 is 5.34. The smallest absolute Gasteiger partial charge is 0.411 e. The van der Waals surface area contributed by atoms with Gasteiger partial charge in [0, 0.05) is 12.1 Å². The summed E-state index contributed by atoms with van der Waals surface area (Å²) in [5.41, 5.74) is -1.15. The minimum absolute atomic E-state index is 0.0141. The summed E-state index contributed by atoms with van der Waals surface area (Å²) in [5.74, 6) is -0.876. The van der Waals surface area contributed by atoms with Gasteiger partial charge in [-0.05, 0) is 41.7 Å². The molecule has 0 aliphatic carbocycles. The summed E-state index contributed by atoms with van der Waals surface area (Å²) in [4.78, 5) is 26.4. The minimum Gasteiger partial charge on any atom is -0.481 e. The number of hydrogen-bond acceptors (Lipinski definition) is 4. The number of hydrogen-bond donors (Lipinski definition) is 1. The Bertz CT molecular complexity index is 386. The number of carboxylic acids is 1. The van der Waals surface area contributed by atoms with Crippen LogP contribution in [0.1, 0.15) is 41.0 Å². The van der Waals surface area contributed by atoms with Crippen LogP contribution in [-0.2, 0) is 9.53 Å². The fraction of sp³-hybridized carbons (Fsp3) is 0.733. The molecule has 0 radical (unpaired) electrons. The van der Waals surface area contributed by atoms with Crippen LogP contribution in [0.15, 0.2) is 12.7 Å². The van der Waals surface area contributed by atoms with Gasteiger partial charge >= 0.3 is 12.1 Å². The molecule has 0 atom stereocenters. The lowest BCUT2D eigenvalue weighted by atomic mass is 9.99. The first-order chi connectivity index (χ1) is 9.39. The third kappa shape index (κ3) is 7.70. The van der Waals surface area contributed by atoms with Crippen LogP contribution in [0.3, 0.4) is 0 Å². The number of carbonyl (C=O) groups is 2. The summed E-state index contributed by atoms with van der Waals surface area (Å²) in [7, 11) is 1.78. The lowest BCUT2D eigenvalue weighted by molar-refractivity contribution is -0.139. The van der Waals surface area contributed by atoms with E-state index in [0.29, 0.717) is 6.54 Å². The summed E-state index contributed by atoms with van der Waals surface area (Å²) in [6.45, 7) is 13.3. The Morgan fingerprint density at radius 2 is 1.76 bits per heavy atom. The van der Waals surface area contributed by atoms with Crippen molar-refractivity contribution >= 4 is 12.1 Å². The Morgan fingerprint density at radius 3 is 2.14 bits per heavy atom. The maximum Gasteiger partial charge on any atom is 0.411 e. The van der Waals surface area contributed by atoms with Crippen molar-refractivity contribution in [2.45, 2.75) is 52.2 Å². The van der Waals surface area contributed by atoms with E-state index < -0.39 is 23.2 Å². The molecule has 6 nitrogen and oxygen atoms in total. The van der Waals surface area contributed by atoms with Crippen LogP contribution in [-0.4, -0.2) is 58.4 Å². The van der Waals surface area contributed by atoms with Crippen molar-refractivity contribution in [3.63, 3.8) is 0 Å². The van der Waals surface area contributed by atoms with Crippen LogP contribution < -0.4 is 0 Å². The summed E-state index contributed by atoms with van der Waals surface area (Å²) in [6, 6.07) is 0. The molecule has 1 N–H and O–H groups in total. The topological polar surface area (TPSA) is 70.1 Å². The summed E-state index contributed by atoms with van der Waals surface area (Å²) in [5, 5.41) is 8.95. The van der Waals surface area contributed by atoms with E-state index in [0.717, 1.165) is 0 Å². The van der Waals surface area contributed by atoms with Gasteiger partial charge in [-0.25, -0.2) is 4.79 Å². The minimum atomic E-state index is -0.876. The summed E-state index contributed by atoms with van der Waals surface area (Å²) >= 11 is 0. The lowest BCUT2D eigenvalue weighted by Gasteiger charge is -2.38. The highest BCUT2D eigenvalue weighted by molar-refractivity contribution is 5.69. The fourth-order valence-electron chi connectivity index (χ4n) is 1.62. The van der Waals surface area contributed by atoms with Crippen LogP contribution in [0.2, 0.25) is 0 Å². The molecule has 0 rings (SSSR count). The van der Waals surface area contributed by atoms with Gasteiger partial charge in [0.25, 0.3) is 0 Å². The monoisotopic (exact) mass is 300 g/mol. The third-order valence-corrected chi connectivity index (χ3v) is 3.00. The molecule has 1 amide bonds. The first-order valence-electron chi connectivity index (χ1n) is 6.91. The highest BCUT2D eigenvalue weighted by atomic mass is 16.6.